The van der Waals surface area contributed by atoms with E-state index in [0.29, 0.717) is 11.4 Å². The number of nitrogens with zero attached hydrogens (tertiary/aromatic N) is 2. The van der Waals surface area contributed by atoms with Crippen molar-refractivity contribution in [3.63, 3.8) is 0 Å². The molecule has 1 aromatic heterocycles. The van der Waals surface area contributed by atoms with E-state index in [1.807, 2.05) is 20.9 Å². The molecule has 19 heavy (non-hydrogen) atoms. The fraction of sp³-hybridized carbons (Fsp3) is 0.231. The van der Waals surface area contributed by atoms with Gasteiger partial charge in [0.15, 0.2) is 11.5 Å². The average molecular weight is 260 g/mol. The fourth-order valence-corrected chi connectivity index (χ4v) is 1.87. The third-order valence-electron chi connectivity index (χ3n) is 2.96. The number of anilines is 1. The number of aryl methyl sites for hydroxylation is 2. The Labute approximate surface area is 111 Å². The molecule has 0 radical (unpaired) electrons. The molecule has 1 heterocycles. The SMILES string of the molecule is Cc1nn(C)c(C)c1Oc1c(N)cccc1C(N)=O. The number of hydrogen-bond donors (Lipinski definition) is 2. The van der Waals surface area contributed by atoms with Crippen LogP contribution in [0.4, 0.5) is 5.69 Å². The topological polar surface area (TPSA) is 96.2 Å². The lowest BCUT2D eigenvalue weighted by Crippen LogP contribution is -2.13. The highest BCUT2D eigenvalue weighted by Crippen LogP contribution is 2.34. The van der Waals surface area contributed by atoms with Crippen molar-refractivity contribution in [2.45, 2.75) is 13.8 Å². The number of nitrogen functional groups attached to an aromatic ring is 1. The summed E-state index contributed by atoms with van der Waals surface area (Å²) in [5, 5.41) is 4.25. The Morgan fingerprint density at radius 3 is 2.53 bits per heavy atom. The van der Waals surface area contributed by atoms with Crippen LogP contribution in [0.25, 0.3) is 0 Å². The zero-order valence-electron chi connectivity index (χ0n) is 11.1. The van der Waals surface area contributed by atoms with Gasteiger partial charge >= 0.3 is 0 Å². The van der Waals surface area contributed by atoms with Crippen LogP contribution in [-0.4, -0.2) is 15.7 Å². The summed E-state index contributed by atoms with van der Waals surface area (Å²) in [5.74, 6) is 0.276. The molecule has 4 N–H and O–H groups in total. The summed E-state index contributed by atoms with van der Waals surface area (Å²) >= 11 is 0. The second-order valence-electron chi connectivity index (χ2n) is 4.31. The minimum atomic E-state index is -0.582. The minimum absolute atomic E-state index is 0.252. The molecule has 2 aromatic rings. The maximum Gasteiger partial charge on any atom is 0.252 e. The molecule has 0 bridgehead atoms. The van der Waals surface area contributed by atoms with Crippen LogP contribution in [0.3, 0.4) is 0 Å². The number of benzene rings is 1. The number of primary amides is 1. The largest absolute Gasteiger partial charge is 0.450 e. The van der Waals surface area contributed by atoms with Crippen LogP contribution >= 0.6 is 0 Å². The maximum atomic E-state index is 11.4. The molecule has 0 unspecified atom stereocenters. The average Bonchev–Trinajstić information content (AvgIpc) is 2.57. The third kappa shape index (κ3) is 2.24. The van der Waals surface area contributed by atoms with E-state index in [-0.39, 0.29) is 11.3 Å². The summed E-state index contributed by atoms with van der Waals surface area (Å²) in [5.41, 5.74) is 13.4. The number of para-hydroxylation sites is 1. The van der Waals surface area contributed by atoms with Crippen LogP contribution in [0.1, 0.15) is 21.7 Å². The van der Waals surface area contributed by atoms with Crippen molar-refractivity contribution in [2.75, 3.05) is 5.73 Å². The quantitative estimate of drug-likeness (QED) is 0.817. The maximum absolute atomic E-state index is 11.4. The van der Waals surface area contributed by atoms with Gasteiger partial charge < -0.3 is 16.2 Å². The van der Waals surface area contributed by atoms with Gasteiger partial charge in [-0.1, -0.05) is 6.07 Å². The number of nitrogens with two attached hydrogens (primary N) is 2. The van der Waals surface area contributed by atoms with Crippen molar-refractivity contribution < 1.29 is 9.53 Å². The zero-order valence-corrected chi connectivity index (χ0v) is 11.1. The van der Waals surface area contributed by atoms with Crippen LogP contribution in [0, 0.1) is 13.8 Å². The van der Waals surface area contributed by atoms with Crippen LogP contribution in [0.15, 0.2) is 18.2 Å². The summed E-state index contributed by atoms with van der Waals surface area (Å²) in [6.07, 6.45) is 0. The van der Waals surface area contributed by atoms with Crippen molar-refractivity contribution in [3.8, 4) is 11.5 Å². The second kappa shape index (κ2) is 4.64. The van der Waals surface area contributed by atoms with Crippen molar-refractivity contribution in [1.29, 1.82) is 0 Å². The van der Waals surface area contributed by atoms with Crippen LogP contribution in [0.5, 0.6) is 11.5 Å². The Bertz CT molecular complexity index is 646. The molecule has 1 amide bonds. The normalized spacial score (nSPS) is 10.5. The molecule has 100 valence electrons. The molecule has 0 fully saturated rings. The minimum Gasteiger partial charge on any atom is -0.450 e. The predicted molar refractivity (Wildman–Crippen MR) is 72.1 cm³/mol. The summed E-state index contributed by atoms with van der Waals surface area (Å²) < 4.78 is 7.48. The Morgan fingerprint density at radius 1 is 1.32 bits per heavy atom. The Hall–Kier alpha value is -2.50. The smallest absolute Gasteiger partial charge is 0.252 e. The van der Waals surface area contributed by atoms with Gasteiger partial charge in [0.2, 0.25) is 0 Å². The van der Waals surface area contributed by atoms with Gasteiger partial charge in [-0.05, 0) is 26.0 Å². The van der Waals surface area contributed by atoms with Gasteiger partial charge in [-0.2, -0.15) is 5.10 Å². The molecule has 0 atom stereocenters. The van der Waals surface area contributed by atoms with Gasteiger partial charge in [0.05, 0.1) is 16.9 Å². The molecule has 6 nitrogen and oxygen atoms in total. The number of amides is 1. The first-order valence-corrected chi connectivity index (χ1v) is 5.78. The van der Waals surface area contributed by atoms with E-state index in [9.17, 15) is 4.79 Å². The number of hydrogen-bond acceptors (Lipinski definition) is 4. The fourth-order valence-electron chi connectivity index (χ4n) is 1.87. The molecule has 0 aliphatic rings. The van der Waals surface area contributed by atoms with Gasteiger partial charge in [0.1, 0.15) is 5.69 Å². The van der Waals surface area contributed by atoms with Gasteiger partial charge in [-0.25, -0.2) is 0 Å². The first-order chi connectivity index (χ1) is 8.91. The van der Waals surface area contributed by atoms with E-state index in [0.717, 1.165) is 11.4 Å². The van der Waals surface area contributed by atoms with Crippen LogP contribution in [-0.2, 0) is 7.05 Å². The molecule has 1 aromatic carbocycles. The van der Waals surface area contributed by atoms with Crippen molar-refractivity contribution in [3.05, 3.63) is 35.2 Å². The molecule has 2 rings (SSSR count). The van der Waals surface area contributed by atoms with E-state index in [1.54, 1.807) is 22.9 Å². The Balaban J connectivity index is 2.52. The van der Waals surface area contributed by atoms with E-state index >= 15 is 0 Å². The van der Waals surface area contributed by atoms with E-state index < -0.39 is 5.91 Å². The molecule has 0 saturated carbocycles. The standard InChI is InChI=1S/C13H16N4O2/c1-7-11(8(2)17(3)16-7)19-12-9(13(15)18)5-4-6-10(12)14/h4-6H,14H2,1-3H3,(H2,15,18). The van der Waals surface area contributed by atoms with Gasteiger partial charge in [0.25, 0.3) is 5.91 Å². The van der Waals surface area contributed by atoms with Gasteiger partial charge in [-0.15, -0.1) is 0 Å². The number of carbonyl (C=O) groups is 1. The molecular weight excluding hydrogens is 244 g/mol. The predicted octanol–water partition coefficient (Wildman–Crippen LogP) is 1.51. The summed E-state index contributed by atoms with van der Waals surface area (Å²) in [6.45, 7) is 3.70. The monoisotopic (exact) mass is 260 g/mol. The Morgan fingerprint density at radius 2 is 2.00 bits per heavy atom. The molecule has 0 spiro atoms. The zero-order chi connectivity index (χ0) is 14.2. The highest BCUT2D eigenvalue weighted by molar-refractivity contribution is 5.97. The van der Waals surface area contributed by atoms with E-state index in [2.05, 4.69) is 5.10 Å². The lowest BCUT2D eigenvalue weighted by Gasteiger charge is -2.11. The number of aromatic nitrogens is 2. The van der Waals surface area contributed by atoms with Crippen LogP contribution < -0.4 is 16.2 Å². The third-order valence-corrected chi connectivity index (χ3v) is 2.96. The molecule has 6 heteroatoms. The number of carbonyl (C=O) groups excluding carboxylic acids is 1. The second-order valence-corrected chi connectivity index (χ2v) is 4.31. The Kier molecular flexibility index (Phi) is 3.16. The molecule has 0 saturated heterocycles. The first kappa shape index (κ1) is 12.9. The number of ether oxygens (including phenoxy) is 1. The lowest BCUT2D eigenvalue weighted by atomic mass is 10.1. The lowest BCUT2D eigenvalue weighted by molar-refractivity contribution is 0.0998. The number of rotatable bonds is 3. The summed E-state index contributed by atoms with van der Waals surface area (Å²) in [6, 6.07) is 4.89. The molecule has 0 aliphatic heterocycles. The van der Waals surface area contributed by atoms with E-state index in [1.165, 1.54) is 0 Å². The highest BCUT2D eigenvalue weighted by Gasteiger charge is 2.17. The van der Waals surface area contributed by atoms with Crippen molar-refractivity contribution in [1.82, 2.24) is 9.78 Å². The van der Waals surface area contributed by atoms with Crippen molar-refractivity contribution in [2.24, 2.45) is 12.8 Å². The summed E-state index contributed by atoms with van der Waals surface area (Å²) in [4.78, 5) is 11.4. The van der Waals surface area contributed by atoms with Gasteiger partial charge in [-0.3, -0.25) is 9.48 Å². The summed E-state index contributed by atoms with van der Waals surface area (Å²) in [7, 11) is 1.82. The van der Waals surface area contributed by atoms with E-state index in [4.69, 9.17) is 16.2 Å². The molecular formula is C13H16N4O2. The highest BCUT2D eigenvalue weighted by atomic mass is 16.5. The molecule has 0 aliphatic carbocycles. The van der Waals surface area contributed by atoms with Crippen LogP contribution in [0.2, 0.25) is 0 Å². The van der Waals surface area contributed by atoms with Gasteiger partial charge in [0, 0.05) is 7.05 Å². The first-order valence-electron chi connectivity index (χ1n) is 5.78. The van der Waals surface area contributed by atoms with Crippen molar-refractivity contribution >= 4 is 11.6 Å².